The molecular formula is C15H24N2O. The minimum Gasteiger partial charge on any atom is -0.381 e. The Balaban J connectivity index is 1.72. The smallest absolute Gasteiger partial charge is 0.0472 e. The van der Waals surface area contributed by atoms with Crippen LogP contribution in [0.15, 0.2) is 18.5 Å². The molecule has 0 bridgehead atoms. The highest BCUT2D eigenvalue weighted by molar-refractivity contribution is 5.23. The van der Waals surface area contributed by atoms with Crippen LogP contribution in [0.25, 0.3) is 0 Å². The lowest BCUT2D eigenvalue weighted by atomic mass is 9.66. The first kappa shape index (κ1) is 12.2. The molecule has 3 rings (SSSR count). The standard InChI is InChI=1S/C15H24N2O/c1-12(2)9-17-6-3-13(10-17)14-15(11-16-14)4-7-18-8-5-15/h3,6,10,12,14,16H,4-5,7-9,11H2,1-2H3/t14-/m1/s1. The number of ether oxygens (including phenoxy) is 1. The van der Waals surface area contributed by atoms with Gasteiger partial charge in [0.15, 0.2) is 0 Å². The molecule has 0 aromatic carbocycles. The summed E-state index contributed by atoms with van der Waals surface area (Å²) in [6, 6.07) is 2.84. The van der Waals surface area contributed by atoms with E-state index < -0.39 is 0 Å². The van der Waals surface area contributed by atoms with E-state index in [2.05, 4.69) is 42.2 Å². The fourth-order valence-corrected chi connectivity index (χ4v) is 3.37. The van der Waals surface area contributed by atoms with Crippen molar-refractivity contribution < 1.29 is 4.74 Å². The maximum absolute atomic E-state index is 5.51. The summed E-state index contributed by atoms with van der Waals surface area (Å²) in [7, 11) is 0. The molecule has 3 heteroatoms. The SMILES string of the molecule is CC(C)Cn1ccc([C@H]2NCC23CCOCC3)c1. The molecular weight excluding hydrogens is 224 g/mol. The monoisotopic (exact) mass is 248 g/mol. The summed E-state index contributed by atoms with van der Waals surface area (Å²) in [5.74, 6) is 0.705. The van der Waals surface area contributed by atoms with Gasteiger partial charge in [0.05, 0.1) is 0 Å². The molecule has 0 unspecified atom stereocenters. The summed E-state index contributed by atoms with van der Waals surface area (Å²) in [5.41, 5.74) is 1.94. The quantitative estimate of drug-likeness (QED) is 0.890. The Labute approximate surface area is 110 Å². The van der Waals surface area contributed by atoms with Crippen molar-refractivity contribution in [2.75, 3.05) is 19.8 Å². The van der Waals surface area contributed by atoms with E-state index in [4.69, 9.17) is 4.74 Å². The van der Waals surface area contributed by atoms with Crippen LogP contribution in [0.3, 0.4) is 0 Å². The lowest BCUT2D eigenvalue weighted by Crippen LogP contribution is -2.58. The van der Waals surface area contributed by atoms with Crippen LogP contribution in [0, 0.1) is 11.3 Å². The molecule has 0 saturated carbocycles. The van der Waals surface area contributed by atoms with Gasteiger partial charge in [-0.3, -0.25) is 0 Å². The Hall–Kier alpha value is -0.800. The number of aromatic nitrogens is 1. The van der Waals surface area contributed by atoms with E-state index in [-0.39, 0.29) is 0 Å². The molecule has 1 spiro atoms. The summed E-state index contributed by atoms with van der Waals surface area (Å²) >= 11 is 0. The van der Waals surface area contributed by atoms with Crippen LogP contribution in [0.5, 0.6) is 0 Å². The van der Waals surface area contributed by atoms with E-state index in [1.54, 1.807) is 0 Å². The Morgan fingerprint density at radius 3 is 2.83 bits per heavy atom. The molecule has 100 valence electrons. The average Bonchev–Trinajstić information content (AvgIpc) is 2.76. The van der Waals surface area contributed by atoms with Crippen LogP contribution < -0.4 is 5.32 Å². The predicted molar refractivity (Wildman–Crippen MR) is 72.5 cm³/mol. The van der Waals surface area contributed by atoms with Crippen molar-refractivity contribution in [2.24, 2.45) is 11.3 Å². The molecule has 3 heterocycles. The van der Waals surface area contributed by atoms with E-state index in [0.717, 1.165) is 26.3 Å². The summed E-state index contributed by atoms with van der Waals surface area (Å²) in [5, 5.41) is 3.62. The molecule has 2 fully saturated rings. The minimum absolute atomic E-state index is 0.474. The van der Waals surface area contributed by atoms with Gasteiger partial charge in [0.2, 0.25) is 0 Å². The zero-order chi connectivity index (χ0) is 12.6. The van der Waals surface area contributed by atoms with Gasteiger partial charge in [0, 0.05) is 50.2 Å². The number of hydrogen-bond acceptors (Lipinski definition) is 2. The van der Waals surface area contributed by atoms with Crippen LogP contribution in [0.4, 0.5) is 0 Å². The van der Waals surface area contributed by atoms with Gasteiger partial charge in [-0.1, -0.05) is 13.8 Å². The van der Waals surface area contributed by atoms with Crippen molar-refractivity contribution >= 4 is 0 Å². The fourth-order valence-electron chi connectivity index (χ4n) is 3.37. The summed E-state index contributed by atoms with van der Waals surface area (Å²) < 4.78 is 7.84. The van der Waals surface area contributed by atoms with Crippen molar-refractivity contribution in [1.82, 2.24) is 9.88 Å². The maximum atomic E-state index is 5.51. The number of nitrogens with zero attached hydrogens (tertiary/aromatic N) is 1. The molecule has 0 amide bonds. The van der Waals surface area contributed by atoms with Crippen LogP contribution in [-0.2, 0) is 11.3 Å². The van der Waals surface area contributed by atoms with Gasteiger partial charge in [-0.05, 0) is 30.4 Å². The van der Waals surface area contributed by atoms with Gasteiger partial charge < -0.3 is 14.6 Å². The molecule has 2 aliphatic rings. The van der Waals surface area contributed by atoms with Crippen molar-refractivity contribution in [3.8, 4) is 0 Å². The van der Waals surface area contributed by atoms with Gasteiger partial charge in [0.1, 0.15) is 0 Å². The molecule has 0 radical (unpaired) electrons. The first-order chi connectivity index (χ1) is 8.70. The third-order valence-corrected chi connectivity index (χ3v) is 4.44. The lowest BCUT2D eigenvalue weighted by molar-refractivity contribution is -0.0479. The topological polar surface area (TPSA) is 26.2 Å². The lowest BCUT2D eigenvalue weighted by Gasteiger charge is -2.52. The zero-order valence-corrected chi connectivity index (χ0v) is 11.5. The molecule has 2 saturated heterocycles. The minimum atomic E-state index is 0.474. The number of hydrogen-bond donors (Lipinski definition) is 1. The van der Waals surface area contributed by atoms with E-state index in [0.29, 0.717) is 17.4 Å². The summed E-state index contributed by atoms with van der Waals surface area (Å²) in [6.07, 6.45) is 6.97. The molecule has 1 aromatic rings. The molecule has 0 aliphatic carbocycles. The second-order valence-electron chi connectivity index (χ2n) is 6.32. The van der Waals surface area contributed by atoms with Gasteiger partial charge in [-0.15, -0.1) is 0 Å². The fraction of sp³-hybridized carbons (Fsp3) is 0.733. The molecule has 1 atom stereocenters. The Kier molecular flexibility index (Phi) is 3.20. The van der Waals surface area contributed by atoms with Crippen LogP contribution >= 0.6 is 0 Å². The van der Waals surface area contributed by atoms with Crippen LogP contribution in [0.1, 0.15) is 38.3 Å². The largest absolute Gasteiger partial charge is 0.381 e. The summed E-state index contributed by atoms with van der Waals surface area (Å²) in [6.45, 7) is 8.68. The summed E-state index contributed by atoms with van der Waals surface area (Å²) in [4.78, 5) is 0. The Morgan fingerprint density at radius 1 is 1.44 bits per heavy atom. The highest BCUT2D eigenvalue weighted by Gasteiger charge is 2.48. The molecule has 1 aromatic heterocycles. The second kappa shape index (κ2) is 4.71. The van der Waals surface area contributed by atoms with E-state index >= 15 is 0 Å². The predicted octanol–water partition coefficient (Wildman–Crippen LogP) is 2.59. The Bertz CT molecular complexity index is 404. The average molecular weight is 248 g/mol. The van der Waals surface area contributed by atoms with Crippen molar-refractivity contribution in [3.63, 3.8) is 0 Å². The van der Waals surface area contributed by atoms with Crippen molar-refractivity contribution in [3.05, 3.63) is 24.0 Å². The number of nitrogens with one attached hydrogen (secondary N) is 1. The third kappa shape index (κ3) is 2.10. The second-order valence-corrected chi connectivity index (χ2v) is 6.32. The van der Waals surface area contributed by atoms with E-state index in [1.807, 2.05) is 0 Å². The first-order valence-corrected chi connectivity index (χ1v) is 7.16. The van der Waals surface area contributed by atoms with Crippen LogP contribution in [-0.4, -0.2) is 24.3 Å². The highest BCUT2D eigenvalue weighted by atomic mass is 16.5. The van der Waals surface area contributed by atoms with Gasteiger partial charge in [-0.2, -0.15) is 0 Å². The highest BCUT2D eigenvalue weighted by Crippen LogP contribution is 2.48. The van der Waals surface area contributed by atoms with Crippen molar-refractivity contribution in [2.45, 2.75) is 39.3 Å². The third-order valence-electron chi connectivity index (χ3n) is 4.44. The van der Waals surface area contributed by atoms with Crippen LogP contribution in [0.2, 0.25) is 0 Å². The normalized spacial score (nSPS) is 26.5. The molecule has 2 aliphatic heterocycles. The van der Waals surface area contributed by atoms with Gasteiger partial charge in [-0.25, -0.2) is 0 Å². The molecule has 18 heavy (non-hydrogen) atoms. The number of rotatable bonds is 3. The van der Waals surface area contributed by atoms with E-state index in [9.17, 15) is 0 Å². The molecule has 3 nitrogen and oxygen atoms in total. The van der Waals surface area contributed by atoms with E-state index in [1.165, 1.54) is 18.4 Å². The van der Waals surface area contributed by atoms with Gasteiger partial charge in [0.25, 0.3) is 0 Å². The Morgan fingerprint density at radius 2 is 2.22 bits per heavy atom. The van der Waals surface area contributed by atoms with Gasteiger partial charge >= 0.3 is 0 Å². The van der Waals surface area contributed by atoms with Crippen molar-refractivity contribution in [1.29, 1.82) is 0 Å². The first-order valence-electron chi connectivity index (χ1n) is 7.16. The zero-order valence-electron chi connectivity index (χ0n) is 11.5. The molecule has 1 N–H and O–H groups in total. The maximum Gasteiger partial charge on any atom is 0.0472 e.